The number of aromatic amines is 1. The zero-order valence-electron chi connectivity index (χ0n) is 18.2. The lowest BCUT2D eigenvalue weighted by atomic mass is 9.85. The lowest BCUT2D eigenvalue weighted by Gasteiger charge is -2.19. The first-order chi connectivity index (χ1) is 14.1. The molecule has 0 unspecified atom stereocenters. The molecule has 30 heavy (non-hydrogen) atoms. The van der Waals surface area contributed by atoms with E-state index in [2.05, 4.69) is 68.9 Å². The molecular formula is C26H28N2O2. The topological polar surface area (TPSA) is 65.4 Å². The molecule has 1 aromatic heterocycles. The van der Waals surface area contributed by atoms with Crippen LogP contribution < -0.4 is 0 Å². The second kappa shape index (κ2) is 7.28. The molecule has 1 aliphatic heterocycles. The molecule has 4 heteroatoms. The Morgan fingerprint density at radius 2 is 1.70 bits per heavy atom. The standard InChI is InChI=1S/C26H28N2O2/c1-15(2)12-16-8-6-9-17(13-16)22-20-21(25(30)27-22)23(28-24(20)29)18-10-7-11-19(14-18)26(3,4)5/h6-11,13-15,27,30H,12H2,1-5H3. The van der Waals surface area contributed by atoms with Crippen molar-refractivity contribution in [2.24, 2.45) is 10.9 Å². The molecule has 0 spiro atoms. The maximum Gasteiger partial charge on any atom is 0.280 e. The van der Waals surface area contributed by atoms with Crippen LogP contribution in [-0.2, 0) is 11.8 Å². The number of carbonyl (C=O) groups is 1. The smallest absolute Gasteiger partial charge is 0.280 e. The number of nitrogens with one attached hydrogen (secondary N) is 1. The Bertz CT molecular complexity index is 1160. The van der Waals surface area contributed by atoms with Crippen LogP contribution in [0.4, 0.5) is 0 Å². The molecule has 0 saturated heterocycles. The number of fused-ring (bicyclic) bond motifs is 1. The average molecular weight is 401 g/mol. The Kier molecular flexibility index (Phi) is 4.89. The Hall–Kier alpha value is -3.14. The van der Waals surface area contributed by atoms with E-state index in [0.29, 0.717) is 28.5 Å². The molecule has 2 aromatic carbocycles. The molecule has 0 fully saturated rings. The molecule has 3 aromatic rings. The summed E-state index contributed by atoms with van der Waals surface area (Å²) in [6, 6.07) is 16.2. The van der Waals surface area contributed by atoms with Crippen molar-refractivity contribution in [1.29, 1.82) is 0 Å². The van der Waals surface area contributed by atoms with Gasteiger partial charge in [-0.3, -0.25) is 4.79 Å². The monoisotopic (exact) mass is 400 g/mol. The number of aromatic nitrogens is 1. The van der Waals surface area contributed by atoms with Crippen molar-refractivity contribution >= 4 is 11.6 Å². The van der Waals surface area contributed by atoms with Crippen LogP contribution in [0.3, 0.4) is 0 Å². The SMILES string of the molecule is CC(C)Cc1cccc(-c2[nH]c(O)c3c2C(=O)N=C3c2cccc(C(C)(C)C)c2)c1. The second-order valence-corrected chi connectivity index (χ2v) is 9.49. The molecule has 2 heterocycles. The van der Waals surface area contributed by atoms with Gasteiger partial charge >= 0.3 is 0 Å². The largest absolute Gasteiger partial charge is 0.494 e. The van der Waals surface area contributed by atoms with Gasteiger partial charge in [0.05, 0.1) is 22.5 Å². The van der Waals surface area contributed by atoms with Gasteiger partial charge in [0, 0.05) is 5.56 Å². The molecule has 4 nitrogen and oxygen atoms in total. The van der Waals surface area contributed by atoms with Crippen LogP contribution in [0.1, 0.15) is 67.2 Å². The minimum absolute atomic E-state index is 0.0139. The first-order valence-electron chi connectivity index (χ1n) is 10.4. The third-order valence-electron chi connectivity index (χ3n) is 5.51. The molecule has 1 aliphatic rings. The first kappa shape index (κ1) is 20.1. The predicted octanol–water partition coefficient (Wildman–Crippen LogP) is 5.87. The summed E-state index contributed by atoms with van der Waals surface area (Å²) < 4.78 is 0. The number of aliphatic imine (C=N–C) groups is 1. The van der Waals surface area contributed by atoms with E-state index in [1.54, 1.807) is 0 Å². The Labute approximate surface area is 177 Å². The number of H-pyrrole nitrogens is 1. The number of benzene rings is 2. The van der Waals surface area contributed by atoms with Crippen molar-refractivity contribution in [3.63, 3.8) is 0 Å². The fourth-order valence-corrected chi connectivity index (χ4v) is 4.03. The van der Waals surface area contributed by atoms with Crippen molar-refractivity contribution in [2.45, 2.75) is 46.5 Å². The van der Waals surface area contributed by atoms with Crippen LogP contribution in [-0.4, -0.2) is 21.7 Å². The van der Waals surface area contributed by atoms with E-state index >= 15 is 0 Å². The van der Waals surface area contributed by atoms with Crippen LogP contribution in [0.15, 0.2) is 53.5 Å². The highest BCUT2D eigenvalue weighted by Gasteiger charge is 2.33. The molecule has 0 radical (unpaired) electrons. The van der Waals surface area contributed by atoms with Gasteiger partial charge in [0.15, 0.2) is 5.88 Å². The number of carbonyl (C=O) groups excluding carboxylic acids is 1. The summed E-state index contributed by atoms with van der Waals surface area (Å²) in [6.45, 7) is 10.8. The Morgan fingerprint density at radius 3 is 2.40 bits per heavy atom. The van der Waals surface area contributed by atoms with Crippen molar-refractivity contribution < 1.29 is 9.90 Å². The van der Waals surface area contributed by atoms with Gasteiger partial charge < -0.3 is 10.1 Å². The lowest BCUT2D eigenvalue weighted by Crippen LogP contribution is -2.12. The third-order valence-corrected chi connectivity index (χ3v) is 5.51. The van der Waals surface area contributed by atoms with Gasteiger partial charge in [-0.15, -0.1) is 0 Å². The minimum Gasteiger partial charge on any atom is -0.494 e. The number of nitrogens with zero attached hydrogens (tertiary/aromatic N) is 1. The van der Waals surface area contributed by atoms with Crippen molar-refractivity contribution in [2.75, 3.05) is 0 Å². The van der Waals surface area contributed by atoms with Crippen molar-refractivity contribution in [1.82, 2.24) is 4.98 Å². The van der Waals surface area contributed by atoms with E-state index in [1.165, 1.54) is 5.56 Å². The van der Waals surface area contributed by atoms with Crippen LogP contribution >= 0.6 is 0 Å². The number of rotatable bonds is 4. The summed E-state index contributed by atoms with van der Waals surface area (Å²) in [5.74, 6) is 0.205. The summed E-state index contributed by atoms with van der Waals surface area (Å²) in [7, 11) is 0. The van der Waals surface area contributed by atoms with Gasteiger partial charge in [-0.2, -0.15) is 0 Å². The number of hydrogen-bond acceptors (Lipinski definition) is 2. The van der Waals surface area contributed by atoms with E-state index in [0.717, 1.165) is 23.1 Å². The van der Waals surface area contributed by atoms with Gasteiger partial charge in [-0.25, -0.2) is 4.99 Å². The van der Waals surface area contributed by atoms with Crippen molar-refractivity contribution in [3.8, 4) is 17.1 Å². The maximum absolute atomic E-state index is 12.9. The minimum atomic E-state index is -0.318. The molecular weight excluding hydrogens is 372 g/mol. The maximum atomic E-state index is 12.9. The lowest BCUT2D eigenvalue weighted by molar-refractivity contribution is 0.101. The summed E-state index contributed by atoms with van der Waals surface area (Å²) in [5, 5.41) is 10.7. The first-order valence-corrected chi connectivity index (χ1v) is 10.4. The molecule has 0 atom stereocenters. The van der Waals surface area contributed by atoms with Crippen LogP contribution in [0.2, 0.25) is 0 Å². The molecule has 2 N–H and O–H groups in total. The average Bonchev–Trinajstić information content (AvgIpc) is 3.20. The Balaban J connectivity index is 1.80. The van der Waals surface area contributed by atoms with Crippen LogP contribution in [0, 0.1) is 5.92 Å². The molecule has 4 rings (SSSR count). The highest BCUT2D eigenvalue weighted by Crippen LogP contribution is 2.38. The van der Waals surface area contributed by atoms with E-state index in [9.17, 15) is 9.90 Å². The summed E-state index contributed by atoms with van der Waals surface area (Å²) >= 11 is 0. The molecule has 154 valence electrons. The van der Waals surface area contributed by atoms with E-state index in [4.69, 9.17) is 0 Å². The summed E-state index contributed by atoms with van der Waals surface area (Å²) in [4.78, 5) is 20.2. The molecule has 0 saturated carbocycles. The van der Waals surface area contributed by atoms with Gasteiger partial charge in [0.25, 0.3) is 5.91 Å². The molecule has 0 bridgehead atoms. The van der Waals surface area contributed by atoms with Gasteiger partial charge in [0.1, 0.15) is 0 Å². The fraction of sp³-hybridized carbons (Fsp3) is 0.308. The highest BCUT2D eigenvalue weighted by atomic mass is 16.3. The zero-order valence-corrected chi connectivity index (χ0v) is 18.2. The molecule has 0 aliphatic carbocycles. The van der Waals surface area contributed by atoms with E-state index < -0.39 is 0 Å². The quantitative estimate of drug-likeness (QED) is 0.575. The van der Waals surface area contributed by atoms with Crippen LogP contribution in [0.25, 0.3) is 11.3 Å². The summed E-state index contributed by atoms with van der Waals surface area (Å²) in [6.07, 6.45) is 0.956. The fourth-order valence-electron chi connectivity index (χ4n) is 4.03. The predicted molar refractivity (Wildman–Crippen MR) is 122 cm³/mol. The van der Waals surface area contributed by atoms with Gasteiger partial charge in [-0.05, 0) is 46.6 Å². The van der Waals surface area contributed by atoms with Crippen LogP contribution in [0.5, 0.6) is 5.88 Å². The normalized spacial score (nSPS) is 13.7. The molecule has 1 amide bonds. The zero-order chi connectivity index (χ0) is 21.6. The van der Waals surface area contributed by atoms with E-state index in [-0.39, 0.29) is 17.2 Å². The van der Waals surface area contributed by atoms with Crippen molar-refractivity contribution in [3.05, 3.63) is 76.3 Å². The van der Waals surface area contributed by atoms with Gasteiger partial charge in [-0.1, -0.05) is 71.0 Å². The van der Waals surface area contributed by atoms with Gasteiger partial charge in [0.2, 0.25) is 0 Å². The second-order valence-electron chi connectivity index (χ2n) is 9.49. The number of amides is 1. The number of aromatic hydroxyl groups is 1. The number of hydrogen-bond donors (Lipinski definition) is 2. The Morgan fingerprint density at radius 1 is 1.00 bits per heavy atom. The third kappa shape index (κ3) is 3.58. The highest BCUT2D eigenvalue weighted by molar-refractivity contribution is 6.30. The summed E-state index contributed by atoms with van der Waals surface area (Å²) in [5.41, 5.74) is 6.16. The van der Waals surface area contributed by atoms with E-state index in [1.807, 2.05) is 24.3 Å².